The highest BCUT2D eigenvalue weighted by Gasteiger charge is 2.32. The summed E-state index contributed by atoms with van der Waals surface area (Å²) in [5, 5.41) is 14.3. The summed E-state index contributed by atoms with van der Waals surface area (Å²) in [7, 11) is 3.96. The largest absolute Gasteiger partial charge is 0.493 e. The molecule has 0 fully saturated rings. The van der Waals surface area contributed by atoms with Gasteiger partial charge in [-0.15, -0.1) is 0 Å². The monoisotopic (exact) mass is 364 g/mol. The highest BCUT2D eigenvalue weighted by molar-refractivity contribution is 6.00. The predicted molar refractivity (Wildman–Crippen MR) is 91.9 cm³/mol. The summed E-state index contributed by atoms with van der Waals surface area (Å²) in [4.78, 5) is 27.4. The first-order chi connectivity index (χ1) is 12.4. The molecule has 2 aromatic rings. The fourth-order valence-electron chi connectivity index (χ4n) is 2.55. The van der Waals surface area contributed by atoms with E-state index in [1.54, 1.807) is 30.2 Å². The summed E-state index contributed by atoms with van der Waals surface area (Å²) < 4.78 is 17.2. The Morgan fingerprint density at radius 3 is 2.50 bits per heavy atom. The third kappa shape index (κ3) is 3.85. The molecule has 0 aliphatic rings. The number of amides is 1. The van der Waals surface area contributed by atoms with Crippen LogP contribution in [0.2, 0.25) is 0 Å². The smallest absolute Gasteiger partial charge is 0.327 e. The zero-order valence-electron chi connectivity index (χ0n) is 14.9. The number of carbonyl (C=O) groups excluding carboxylic acids is 1. The second-order valence-corrected chi connectivity index (χ2v) is 5.43. The number of nitro benzene ring substituents is 1. The average molecular weight is 364 g/mol. The quantitative estimate of drug-likeness (QED) is 0.559. The van der Waals surface area contributed by atoms with E-state index in [0.717, 1.165) is 0 Å². The Balaban J connectivity index is 2.39. The first-order valence-electron chi connectivity index (χ1n) is 7.66. The number of hydrogen-bond donors (Lipinski definition) is 1. The van der Waals surface area contributed by atoms with Gasteiger partial charge in [0.05, 0.1) is 32.6 Å². The number of hydrogen-bond acceptors (Lipinski definition) is 7. The van der Waals surface area contributed by atoms with Crippen molar-refractivity contribution in [3.05, 3.63) is 40.5 Å². The number of benzene rings is 1. The second-order valence-electron chi connectivity index (χ2n) is 5.43. The molecule has 1 heterocycles. The third-order valence-corrected chi connectivity index (χ3v) is 3.65. The molecule has 140 valence electrons. The topological polar surface area (TPSA) is 118 Å². The minimum Gasteiger partial charge on any atom is -0.493 e. The molecule has 1 atom stereocenters. The second kappa shape index (κ2) is 8.19. The molecule has 0 aliphatic heterocycles. The number of imidazole rings is 1. The van der Waals surface area contributed by atoms with Gasteiger partial charge < -0.3 is 24.1 Å². The van der Waals surface area contributed by atoms with Crippen molar-refractivity contribution in [3.63, 3.8) is 0 Å². The predicted octanol–water partition coefficient (Wildman–Crippen LogP) is 1.64. The van der Waals surface area contributed by atoms with Crippen molar-refractivity contribution in [1.29, 1.82) is 0 Å². The zero-order chi connectivity index (χ0) is 19.3. The van der Waals surface area contributed by atoms with E-state index in [-0.39, 0.29) is 28.9 Å². The molecule has 0 saturated heterocycles. The molecule has 0 saturated carbocycles. The van der Waals surface area contributed by atoms with Crippen molar-refractivity contribution < 1.29 is 23.9 Å². The Morgan fingerprint density at radius 1 is 1.31 bits per heavy atom. The number of nitrogens with zero attached hydrogens (tertiary/aromatic N) is 3. The Kier molecular flexibility index (Phi) is 5.99. The Morgan fingerprint density at radius 2 is 2.00 bits per heavy atom. The van der Waals surface area contributed by atoms with E-state index < -0.39 is 16.5 Å². The fourth-order valence-corrected chi connectivity index (χ4v) is 2.55. The van der Waals surface area contributed by atoms with E-state index in [1.807, 2.05) is 0 Å². The number of nitro groups is 1. The fraction of sp³-hybridized carbons (Fsp3) is 0.375. The molecule has 1 unspecified atom stereocenters. The Bertz CT molecular complexity index is 791. The summed E-state index contributed by atoms with van der Waals surface area (Å²) in [5.74, 6) is -0.597. The van der Waals surface area contributed by atoms with Gasteiger partial charge in [-0.25, -0.2) is 4.98 Å². The van der Waals surface area contributed by atoms with Crippen LogP contribution < -0.4 is 19.5 Å². The van der Waals surface area contributed by atoms with E-state index in [9.17, 15) is 14.9 Å². The molecule has 26 heavy (non-hydrogen) atoms. The molecule has 10 nitrogen and oxygen atoms in total. The number of ether oxygens (including phenoxy) is 3. The lowest BCUT2D eigenvalue weighted by atomic mass is 10.1. The van der Waals surface area contributed by atoms with E-state index in [0.29, 0.717) is 6.54 Å². The van der Waals surface area contributed by atoms with Crippen LogP contribution in [0, 0.1) is 10.1 Å². The molecular formula is C16H20N4O6. The van der Waals surface area contributed by atoms with E-state index in [1.165, 1.54) is 27.4 Å². The van der Waals surface area contributed by atoms with Gasteiger partial charge in [-0.3, -0.25) is 14.9 Å². The van der Waals surface area contributed by atoms with Gasteiger partial charge >= 0.3 is 5.69 Å². The lowest BCUT2D eigenvalue weighted by Crippen LogP contribution is -2.35. The molecule has 0 spiro atoms. The molecular weight excluding hydrogens is 344 g/mol. The standard InChI is InChI=1S/C16H20N4O6/c1-10(8-19-6-5-17-9-19)18-16(21)11-7-12(24-2)14(25-3)15(26-4)13(11)20(22)23/h5-7,9-10H,8H2,1-4H3,(H,18,21). The summed E-state index contributed by atoms with van der Waals surface area (Å²) in [5.41, 5.74) is -0.667. The summed E-state index contributed by atoms with van der Waals surface area (Å²) in [6.07, 6.45) is 4.99. The SMILES string of the molecule is COc1cc(C(=O)NC(C)Cn2ccnc2)c([N+](=O)[O-])c(OC)c1OC. The number of methoxy groups -OCH3 is 3. The van der Waals surface area contributed by atoms with Crippen molar-refractivity contribution in [3.8, 4) is 17.2 Å². The molecule has 1 aromatic heterocycles. The van der Waals surface area contributed by atoms with Crippen LogP contribution >= 0.6 is 0 Å². The van der Waals surface area contributed by atoms with Gasteiger partial charge in [-0.1, -0.05) is 0 Å². The normalized spacial score (nSPS) is 11.5. The summed E-state index contributed by atoms with van der Waals surface area (Å²) in [6, 6.07) is 0.967. The Labute approximate surface area is 149 Å². The van der Waals surface area contributed by atoms with Gasteiger partial charge in [-0.05, 0) is 6.92 Å². The van der Waals surface area contributed by atoms with Crippen LogP contribution in [0.5, 0.6) is 17.2 Å². The highest BCUT2D eigenvalue weighted by atomic mass is 16.6. The van der Waals surface area contributed by atoms with Crippen LogP contribution in [0.1, 0.15) is 17.3 Å². The van der Waals surface area contributed by atoms with Crippen LogP contribution in [0.4, 0.5) is 5.69 Å². The minimum absolute atomic E-state index is 0.0460. The average Bonchev–Trinajstić information content (AvgIpc) is 3.11. The molecule has 2 rings (SSSR count). The number of rotatable bonds is 8. The van der Waals surface area contributed by atoms with Crippen LogP contribution in [0.15, 0.2) is 24.8 Å². The van der Waals surface area contributed by atoms with Crippen molar-refractivity contribution in [2.24, 2.45) is 0 Å². The molecule has 0 radical (unpaired) electrons. The maximum absolute atomic E-state index is 12.7. The van der Waals surface area contributed by atoms with Crippen molar-refractivity contribution in [1.82, 2.24) is 14.9 Å². The summed E-state index contributed by atoms with van der Waals surface area (Å²) >= 11 is 0. The maximum Gasteiger partial charge on any atom is 0.327 e. The number of carbonyl (C=O) groups is 1. The van der Waals surface area contributed by atoms with Crippen molar-refractivity contribution in [2.75, 3.05) is 21.3 Å². The van der Waals surface area contributed by atoms with Gasteiger partial charge in [0, 0.05) is 31.0 Å². The lowest BCUT2D eigenvalue weighted by molar-refractivity contribution is -0.386. The van der Waals surface area contributed by atoms with E-state index >= 15 is 0 Å². The van der Waals surface area contributed by atoms with Gasteiger partial charge in [0.15, 0.2) is 5.75 Å². The molecule has 10 heteroatoms. The van der Waals surface area contributed by atoms with Crippen LogP contribution in [-0.4, -0.2) is 47.8 Å². The van der Waals surface area contributed by atoms with E-state index in [4.69, 9.17) is 14.2 Å². The highest BCUT2D eigenvalue weighted by Crippen LogP contribution is 2.46. The zero-order valence-corrected chi connectivity index (χ0v) is 14.9. The van der Waals surface area contributed by atoms with Gasteiger partial charge in [0.2, 0.25) is 11.5 Å². The van der Waals surface area contributed by atoms with E-state index in [2.05, 4.69) is 10.3 Å². The number of nitrogens with one attached hydrogen (secondary N) is 1. The maximum atomic E-state index is 12.7. The number of aromatic nitrogens is 2. The molecule has 1 amide bonds. The first-order valence-corrected chi connectivity index (χ1v) is 7.66. The molecule has 1 N–H and O–H groups in total. The first kappa shape index (κ1) is 19.0. The van der Waals surface area contributed by atoms with Crippen molar-refractivity contribution >= 4 is 11.6 Å². The van der Waals surface area contributed by atoms with Gasteiger partial charge in [0.25, 0.3) is 5.91 Å². The van der Waals surface area contributed by atoms with Crippen molar-refractivity contribution in [2.45, 2.75) is 19.5 Å². The lowest BCUT2D eigenvalue weighted by Gasteiger charge is -2.17. The third-order valence-electron chi connectivity index (χ3n) is 3.65. The Hall–Kier alpha value is -3.30. The van der Waals surface area contributed by atoms with Crippen LogP contribution in [0.3, 0.4) is 0 Å². The van der Waals surface area contributed by atoms with Crippen LogP contribution in [0.25, 0.3) is 0 Å². The molecule has 1 aromatic carbocycles. The summed E-state index contributed by atoms with van der Waals surface area (Å²) in [6.45, 7) is 2.24. The molecule has 0 bridgehead atoms. The molecule has 0 aliphatic carbocycles. The van der Waals surface area contributed by atoms with Crippen LogP contribution in [-0.2, 0) is 6.54 Å². The van der Waals surface area contributed by atoms with Gasteiger partial charge in [0.1, 0.15) is 5.56 Å². The minimum atomic E-state index is -0.684. The van der Waals surface area contributed by atoms with Gasteiger partial charge in [-0.2, -0.15) is 0 Å².